The summed E-state index contributed by atoms with van der Waals surface area (Å²) in [5.74, 6) is 0.0565. The summed E-state index contributed by atoms with van der Waals surface area (Å²) in [6, 6.07) is 1.14. The number of nitrogens with one attached hydrogen (secondary N) is 1. The fourth-order valence-corrected chi connectivity index (χ4v) is 2.31. The van der Waals surface area contributed by atoms with E-state index in [2.05, 4.69) is 26.2 Å². The standard InChI is InChI=1S/C16H23BrN2O3/c1-6-22-15(21)12(8-13(20)16(3,4)5)19-14-11(17)7-10(2)9-18-14/h7,9,12H,6,8H2,1-5H3,(H,18,19). The smallest absolute Gasteiger partial charge is 0.329 e. The third-order valence-electron chi connectivity index (χ3n) is 3.09. The van der Waals surface area contributed by atoms with Gasteiger partial charge in [-0.3, -0.25) is 4.79 Å². The zero-order valence-electron chi connectivity index (χ0n) is 13.7. The molecule has 122 valence electrons. The van der Waals surface area contributed by atoms with Crippen LogP contribution in [0.3, 0.4) is 0 Å². The summed E-state index contributed by atoms with van der Waals surface area (Å²) >= 11 is 3.41. The van der Waals surface area contributed by atoms with Crippen LogP contribution in [0, 0.1) is 12.3 Å². The maximum atomic E-state index is 12.2. The van der Waals surface area contributed by atoms with Crippen molar-refractivity contribution in [1.29, 1.82) is 0 Å². The minimum absolute atomic E-state index is 0.0127. The molecule has 1 N–H and O–H groups in total. The first-order valence-corrected chi connectivity index (χ1v) is 8.03. The van der Waals surface area contributed by atoms with Crippen molar-refractivity contribution < 1.29 is 14.3 Å². The second kappa shape index (κ2) is 7.72. The first-order chi connectivity index (χ1) is 10.1. The number of halogens is 1. The fourth-order valence-electron chi connectivity index (χ4n) is 1.73. The molecule has 6 heteroatoms. The lowest BCUT2D eigenvalue weighted by atomic mass is 9.87. The van der Waals surface area contributed by atoms with Crippen LogP contribution in [0.1, 0.15) is 39.7 Å². The molecule has 1 heterocycles. The number of aryl methyl sites for hydroxylation is 1. The number of anilines is 1. The highest BCUT2D eigenvalue weighted by molar-refractivity contribution is 9.10. The lowest BCUT2D eigenvalue weighted by Gasteiger charge is -2.22. The summed E-state index contributed by atoms with van der Waals surface area (Å²) in [6.45, 7) is 9.42. The molecule has 0 saturated carbocycles. The Morgan fingerprint density at radius 1 is 1.41 bits per heavy atom. The third kappa shape index (κ3) is 5.40. The molecule has 5 nitrogen and oxygen atoms in total. The van der Waals surface area contributed by atoms with Crippen molar-refractivity contribution >= 4 is 33.5 Å². The van der Waals surface area contributed by atoms with Crippen LogP contribution >= 0.6 is 15.9 Å². The van der Waals surface area contributed by atoms with E-state index in [9.17, 15) is 9.59 Å². The molecule has 1 rings (SSSR count). The molecule has 1 atom stereocenters. The minimum atomic E-state index is -0.752. The molecule has 0 bridgehead atoms. The Morgan fingerprint density at radius 3 is 2.55 bits per heavy atom. The number of nitrogens with zero attached hydrogens (tertiary/aromatic N) is 1. The SMILES string of the molecule is CCOC(=O)C(CC(=O)C(C)(C)C)Nc1ncc(C)cc1Br. The topological polar surface area (TPSA) is 68.3 Å². The maximum absolute atomic E-state index is 12.2. The Morgan fingerprint density at radius 2 is 2.05 bits per heavy atom. The molecule has 1 aromatic rings. The number of Topliss-reactive ketones (excluding diaryl/α,β-unsaturated/α-hetero) is 1. The second-order valence-electron chi connectivity index (χ2n) is 6.17. The summed E-state index contributed by atoms with van der Waals surface area (Å²) in [5.41, 5.74) is 0.487. The Kier molecular flexibility index (Phi) is 6.53. The second-order valence-corrected chi connectivity index (χ2v) is 7.02. The number of carbonyl (C=O) groups excluding carboxylic acids is 2. The van der Waals surface area contributed by atoms with Gasteiger partial charge >= 0.3 is 5.97 Å². The van der Waals surface area contributed by atoms with E-state index in [0.29, 0.717) is 5.82 Å². The van der Waals surface area contributed by atoms with E-state index in [1.807, 2.05) is 33.8 Å². The van der Waals surface area contributed by atoms with Crippen molar-refractivity contribution in [2.24, 2.45) is 5.41 Å². The van der Waals surface area contributed by atoms with Crippen LogP contribution in [0.2, 0.25) is 0 Å². The highest BCUT2D eigenvalue weighted by Gasteiger charge is 2.29. The first-order valence-electron chi connectivity index (χ1n) is 7.23. The number of pyridine rings is 1. The molecule has 0 spiro atoms. The molecule has 0 aliphatic carbocycles. The first kappa shape index (κ1) is 18.6. The van der Waals surface area contributed by atoms with Crippen LogP contribution in [0.4, 0.5) is 5.82 Å². The minimum Gasteiger partial charge on any atom is -0.464 e. The van der Waals surface area contributed by atoms with Crippen LogP contribution < -0.4 is 5.32 Å². The maximum Gasteiger partial charge on any atom is 0.329 e. The Hall–Kier alpha value is -1.43. The molecule has 0 radical (unpaired) electrons. The average molecular weight is 371 g/mol. The highest BCUT2D eigenvalue weighted by atomic mass is 79.9. The molecule has 0 aliphatic heterocycles. The number of esters is 1. The number of aromatic nitrogens is 1. The summed E-state index contributed by atoms with van der Waals surface area (Å²) in [7, 11) is 0. The van der Waals surface area contributed by atoms with Crippen LogP contribution in [-0.4, -0.2) is 29.4 Å². The van der Waals surface area contributed by atoms with Gasteiger partial charge in [0.1, 0.15) is 17.6 Å². The van der Waals surface area contributed by atoms with Crippen LogP contribution in [0.15, 0.2) is 16.7 Å². The summed E-state index contributed by atoms with van der Waals surface area (Å²) in [6.07, 6.45) is 1.76. The van der Waals surface area contributed by atoms with E-state index >= 15 is 0 Å². The zero-order valence-corrected chi connectivity index (χ0v) is 15.3. The molecule has 1 unspecified atom stereocenters. The molecular weight excluding hydrogens is 348 g/mol. The quantitative estimate of drug-likeness (QED) is 0.776. The Balaban J connectivity index is 2.95. The summed E-state index contributed by atoms with van der Waals surface area (Å²) in [4.78, 5) is 28.6. The van der Waals surface area contributed by atoms with Crippen LogP contribution in [0.25, 0.3) is 0 Å². The van der Waals surface area contributed by atoms with E-state index in [1.54, 1.807) is 13.1 Å². The van der Waals surface area contributed by atoms with Gasteiger partial charge in [0.05, 0.1) is 11.1 Å². The molecule has 1 aromatic heterocycles. The van der Waals surface area contributed by atoms with Gasteiger partial charge in [0.2, 0.25) is 0 Å². The third-order valence-corrected chi connectivity index (χ3v) is 3.69. The molecule has 0 fully saturated rings. The van der Waals surface area contributed by atoms with E-state index in [1.165, 1.54) is 0 Å². The molecule has 0 amide bonds. The van der Waals surface area contributed by atoms with Gasteiger partial charge < -0.3 is 10.1 Å². The van der Waals surface area contributed by atoms with Crippen molar-refractivity contribution in [1.82, 2.24) is 4.98 Å². The van der Waals surface area contributed by atoms with Crippen LogP contribution in [0.5, 0.6) is 0 Å². The van der Waals surface area contributed by atoms with Crippen LogP contribution in [-0.2, 0) is 14.3 Å². The monoisotopic (exact) mass is 370 g/mol. The van der Waals surface area contributed by atoms with Gasteiger partial charge in [0, 0.05) is 18.0 Å². The number of rotatable bonds is 6. The Labute approximate surface area is 140 Å². The van der Waals surface area contributed by atoms with E-state index in [-0.39, 0.29) is 18.8 Å². The molecule has 0 aliphatic rings. The molecular formula is C16H23BrN2O3. The van der Waals surface area contributed by atoms with E-state index < -0.39 is 17.4 Å². The zero-order chi connectivity index (χ0) is 16.9. The number of hydrogen-bond donors (Lipinski definition) is 1. The van der Waals surface area contributed by atoms with Gasteiger partial charge in [-0.2, -0.15) is 0 Å². The highest BCUT2D eigenvalue weighted by Crippen LogP contribution is 2.24. The normalized spacial score (nSPS) is 12.6. The lowest BCUT2D eigenvalue weighted by molar-refractivity contribution is -0.146. The van der Waals surface area contributed by atoms with Crippen molar-refractivity contribution in [2.75, 3.05) is 11.9 Å². The number of ether oxygens (including phenoxy) is 1. The van der Waals surface area contributed by atoms with Gasteiger partial charge in [-0.05, 0) is 41.4 Å². The van der Waals surface area contributed by atoms with E-state index in [0.717, 1.165) is 10.0 Å². The van der Waals surface area contributed by atoms with E-state index in [4.69, 9.17) is 4.74 Å². The van der Waals surface area contributed by atoms with Gasteiger partial charge in [-0.25, -0.2) is 9.78 Å². The van der Waals surface area contributed by atoms with Gasteiger partial charge in [-0.1, -0.05) is 20.8 Å². The van der Waals surface area contributed by atoms with Gasteiger partial charge in [0.15, 0.2) is 0 Å². The van der Waals surface area contributed by atoms with Crippen molar-refractivity contribution in [3.63, 3.8) is 0 Å². The summed E-state index contributed by atoms with van der Waals surface area (Å²) in [5, 5.41) is 3.01. The molecule has 22 heavy (non-hydrogen) atoms. The van der Waals surface area contributed by atoms with Crippen molar-refractivity contribution in [2.45, 2.75) is 47.1 Å². The average Bonchev–Trinajstić information content (AvgIpc) is 2.39. The number of hydrogen-bond acceptors (Lipinski definition) is 5. The predicted molar refractivity (Wildman–Crippen MR) is 89.8 cm³/mol. The van der Waals surface area contributed by atoms with Crippen molar-refractivity contribution in [3.8, 4) is 0 Å². The van der Waals surface area contributed by atoms with Gasteiger partial charge in [-0.15, -0.1) is 0 Å². The number of ketones is 1. The summed E-state index contributed by atoms with van der Waals surface area (Å²) < 4.78 is 5.80. The molecule has 0 aromatic carbocycles. The van der Waals surface area contributed by atoms with Gasteiger partial charge in [0.25, 0.3) is 0 Å². The fraction of sp³-hybridized carbons (Fsp3) is 0.562. The lowest BCUT2D eigenvalue weighted by Crippen LogP contribution is -2.37. The van der Waals surface area contributed by atoms with Crippen molar-refractivity contribution in [3.05, 3.63) is 22.3 Å². The number of carbonyl (C=O) groups is 2. The molecule has 0 saturated heterocycles. The largest absolute Gasteiger partial charge is 0.464 e. The predicted octanol–water partition coefficient (Wildman–Crippen LogP) is 3.50. The Bertz CT molecular complexity index is 553.